The zero-order valence-electron chi connectivity index (χ0n) is 12.7. The Kier molecular flexibility index (Phi) is 5.60. The molecule has 1 aliphatic rings. The van der Waals surface area contributed by atoms with Crippen LogP contribution in [-0.4, -0.2) is 37.1 Å². The van der Waals surface area contributed by atoms with Gasteiger partial charge in [0.05, 0.1) is 19.6 Å². The molecule has 23 heavy (non-hydrogen) atoms. The first-order chi connectivity index (χ1) is 11.2. The van der Waals surface area contributed by atoms with Gasteiger partial charge in [-0.2, -0.15) is 0 Å². The molecule has 120 valence electrons. The molecule has 5 heteroatoms. The number of benzene rings is 2. The fourth-order valence-corrected chi connectivity index (χ4v) is 3.63. The Morgan fingerprint density at radius 1 is 1.13 bits per heavy atom. The lowest BCUT2D eigenvalue weighted by Gasteiger charge is -2.27. The van der Waals surface area contributed by atoms with Crippen molar-refractivity contribution in [3.05, 3.63) is 59.1 Å². The summed E-state index contributed by atoms with van der Waals surface area (Å²) in [6, 6.07) is 15.9. The van der Waals surface area contributed by atoms with Crippen LogP contribution in [0.1, 0.15) is 5.56 Å². The largest absolute Gasteiger partial charge is 0.378 e. The van der Waals surface area contributed by atoms with E-state index in [4.69, 9.17) is 16.3 Å². The van der Waals surface area contributed by atoms with Crippen molar-refractivity contribution in [1.82, 2.24) is 4.90 Å². The molecule has 2 aromatic rings. The van der Waals surface area contributed by atoms with Crippen LogP contribution in [-0.2, 0) is 16.0 Å². The van der Waals surface area contributed by atoms with E-state index in [0.29, 0.717) is 37.7 Å². The Morgan fingerprint density at radius 2 is 1.87 bits per heavy atom. The highest BCUT2D eigenvalue weighted by Gasteiger charge is 2.18. The van der Waals surface area contributed by atoms with Crippen LogP contribution in [0.15, 0.2) is 58.3 Å². The summed E-state index contributed by atoms with van der Waals surface area (Å²) in [5, 5.41) is 0.659. The summed E-state index contributed by atoms with van der Waals surface area (Å²) >= 11 is 7.79. The molecule has 1 fully saturated rings. The van der Waals surface area contributed by atoms with E-state index in [-0.39, 0.29) is 5.91 Å². The molecule has 1 aliphatic heterocycles. The van der Waals surface area contributed by atoms with Crippen molar-refractivity contribution in [2.75, 3.05) is 26.3 Å². The summed E-state index contributed by atoms with van der Waals surface area (Å²) in [5.41, 5.74) is 0.975. The van der Waals surface area contributed by atoms with Crippen LogP contribution >= 0.6 is 23.4 Å². The molecular formula is C18H18ClNO2S. The second-order valence-electron chi connectivity index (χ2n) is 5.34. The number of ether oxygens (including phenoxy) is 1. The summed E-state index contributed by atoms with van der Waals surface area (Å²) in [6.07, 6.45) is 0.371. The maximum absolute atomic E-state index is 12.5. The van der Waals surface area contributed by atoms with Crippen LogP contribution in [0.5, 0.6) is 0 Å². The van der Waals surface area contributed by atoms with Gasteiger partial charge in [0.2, 0.25) is 5.91 Å². The van der Waals surface area contributed by atoms with Gasteiger partial charge < -0.3 is 9.64 Å². The van der Waals surface area contributed by atoms with E-state index < -0.39 is 0 Å². The Hall–Kier alpha value is -1.49. The van der Waals surface area contributed by atoms with Crippen molar-refractivity contribution in [2.24, 2.45) is 0 Å². The van der Waals surface area contributed by atoms with E-state index in [2.05, 4.69) is 12.1 Å². The second kappa shape index (κ2) is 7.86. The Balaban J connectivity index is 1.77. The molecule has 3 rings (SSSR count). The van der Waals surface area contributed by atoms with E-state index in [9.17, 15) is 4.79 Å². The molecule has 0 radical (unpaired) electrons. The SMILES string of the molecule is O=C(Cc1cc(Cl)ccc1Sc1ccccc1)N1CCOCC1. The molecule has 0 N–H and O–H groups in total. The highest BCUT2D eigenvalue weighted by molar-refractivity contribution is 7.99. The molecule has 0 unspecified atom stereocenters. The average Bonchev–Trinajstić information content (AvgIpc) is 2.59. The van der Waals surface area contributed by atoms with E-state index in [1.807, 2.05) is 41.3 Å². The zero-order valence-corrected chi connectivity index (χ0v) is 14.3. The van der Waals surface area contributed by atoms with Crippen molar-refractivity contribution in [2.45, 2.75) is 16.2 Å². The molecule has 2 aromatic carbocycles. The van der Waals surface area contributed by atoms with E-state index in [1.165, 1.54) is 0 Å². The number of rotatable bonds is 4. The summed E-state index contributed by atoms with van der Waals surface area (Å²) in [5.74, 6) is 0.130. The molecule has 0 bridgehead atoms. The van der Waals surface area contributed by atoms with Crippen LogP contribution in [0.3, 0.4) is 0 Å². The summed E-state index contributed by atoms with van der Waals surface area (Å²) in [7, 11) is 0. The topological polar surface area (TPSA) is 29.5 Å². The Morgan fingerprint density at radius 3 is 2.61 bits per heavy atom. The van der Waals surface area contributed by atoms with Crippen molar-refractivity contribution < 1.29 is 9.53 Å². The van der Waals surface area contributed by atoms with E-state index >= 15 is 0 Å². The molecule has 1 saturated heterocycles. The Bertz CT molecular complexity index is 672. The molecule has 1 amide bonds. The molecule has 1 heterocycles. The Labute approximate surface area is 145 Å². The second-order valence-corrected chi connectivity index (χ2v) is 6.89. The average molecular weight is 348 g/mol. The maximum Gasteiger partial charge on any atom is 0.227 e. The zero-order chi connectivity index (χ0) is 16.1. The molecule has 0 saturated carbocycles. The molecular weight excluding hydrogens is 330 g/mol. The fraction of sp³-hybridized carbons (Fsp3) is 0.278. The number of carbonyl (C=O) groups is 1. The molecule has 3 nitrogen and oxygen atoms in total. The molecule has 0 aliphatic carbocycles. The standard InChI is InChI=1S/C18H18ClNO2S/c19-15-6-7-17(23-16-4-2-1-3-5-16)14(12-15)13-18(21)20-8-10-22-11-9-20/h1-7,12H,8-11,13H2. The summed E-state index contributed by atoms with van der Waals surface area (Å²) in [6.45, 7) is 2.57. The molecule has 0 aromatic heterocycles. The van der Waals surface area contributed by atoms with Gasteiger partial charge in [0, 0.05) is 27.9 Å². The number of halogens is 1. The molecule has 0 atom stereocenters. The van der Waals surface area contributed by atoms with Gasteiger partial charge >= 0.3 is 0 Å². The van der Waals surface area contributed by atoms with Crippen LogP contribution in [0.2, 0.25) is 5.02 Å². The van der Waals surface area contributed by atoms with Crippen molar-refractivity contribution in [3.8, 4) is 0 Å². The van der Waals surface area contributed by atoms with Crippen LogP contribution in [0.25, 0.3) is 0 Å². The summed E-state index contributed by atoms with van der Waals surface area (Å²) < 4.78 is 5.30. The number of nitrogens with zero attached hydrogens (tertiary/aromatic N) is 1. The first kappa shape index (κ1) is 16.4. The first-order valence-corrected chi connectivity index (χ1v) is 8.79. The fourth-order valence-electron chi connectivity index (χ4n) is 2.49. The quantitative estimate of drug-likeness (QED) is 0.840. The maximum atomic E-state index is 12.5. The van der Waals surface area contributed by atoms with Crippen molar-refractivity contribution >= 4 is 29.3 Å². The third kappa shape index (κ3) is 4.50. The predicted octanol–water partition coefficient (Wildman–Crippen LogP) is 3.89. The van der Waals surface area contributed by atoms with E-state index in [1.54, 1.807) is 11.8 Å². The van der Waals surface area contributed by atoms with Gasteiger partial charge in [-0.3, -0.25) is 4.79 Å². The van der Waals surface area contributed by atoms with Gasteiger partial charge in [-0.05, 0) is 35.9 Å². The third-order valence-corrected chi connectivity index (χ3v) is 5.06. The highest BCUT2D eigenvalue weighted by atomic mass is 35.5. The molecule has 0 spiro atoms. The minimum Gasteiger partial charge on any atom is -0.378 e. The normalized spacial score (nSPS) is 14.7. The van der Waals surface area contributed by atoms with Gasteiger partial charge in [0.15, 0.2) is 0 Å². The monoisotopic (exact) mass is 347 g/mol. The van der Waals surface area contributed by atoms with Crippen LogP contribution in [0, 0.1) is 0 Å². The third-order valence-electron chi connectivity index (χ3n) is 3.70. The van der Waals surface area contributed by atoms with Gasteiger partial charge in [-0.1, -0.05) is 41.6 Å². The van der Waals surface area contributed by atoms with Crippen molar-refractivity contribution in [1.29, 1.82) is 0 Å². The van der Waals surface area contributed by atoms with Gasteiger partial charge in [0.25, 0.3) is 0 Å². The lowest BCUT2D eigenvalue weighted by Crippen LogP contribution is -2.41. The lowest BCUT2D eigenvalue weighted by atomic mass is 10.1. The van der Waals surface area contributed by atoms with Crippen LogP contribution in [0.4, 0.5) is 0 Å². The highest BCUT2D eigenvalue weighted by Crippen LogP contribution is 2.32. The number of carbonyl (C=O) groups excluding carboxylic acids is 1. The predicted molar refractivity (Wildman–Crippen MR) is 93.1 cm³/mol. The van der Waals surface area contributed by atoms with Crippen LogP contribution < -0.4 is 0 Å². The van der Waals surface area contributed by atoms with Gasteiger partial charge in [-0.15, -0.1) is 0 Å². The van der Waals surface area contributed by atoms with E-state index in [0.717, 1.165) is 15.4 Å². The smallest absolute Gasteiger partial charge is 0.227 e. The summed E-state index contributed by atoms with van der Waals surface area (Å²) in [4.78, 5) is 16.6. The van der Waals surface area contributed by atoms with Crippen molar-refractivity contribution in [3.63, 3.8) is 0 Å². The lowest BCUT2D eigenvalue weighted by molar-refractivity contribution is -0.134. The first-order valence-electron chi connectivity index (χ1n) is 7.59. The van der Waals surface area contributed by atoms with Gasteiger partial charge in [0.1, 0.15) is 0 Å². The number of hydrogen-bond donors (Lipinski definition) is 0. The number of morpholine rings is 1. The minimum atomic E-state index is 0.130. The van der Waals surface area contributed by atoms with Gasteiger partial charge in [-0.25, -0.2) is 0 Å². The number of hydrogen-bond acceptors (Lipinski definition) is 3. The minimum absolute atomic E-state index is 0.130. The number of amides is 1.